The Morgan fingerprint density at radius 2 is 2.14 bits per heavy atom. The fraction of sp³-hybridized carbons (Fsp3) is 0.647. The largest absolute Gasteiger partial charge is 0.491 e. The summed E-state index contributed by atoms with van der Waals surface area (Å²) in [5.74, 6) is 0.912. The predicted octanol–water partition coefficient (Wildman–Crippen LogP) is 2.58. The quantitative estimate of drug-likeness (QED) is 0.906. The molecule has 0 aromatic heterocycles. The zero-order valence-corrected chi connectivity index (χ0v) is 13.6. The highest BCUT2D eigenvalue weighted by Crippen LogP contribution is 2.28. The highest BCUT2D eigenvalue weighted by Gasteiger charge is 2.29. The zero-order valence-electron chi connectivity index (χ0n) is 13.6. The molecule has 1 aromatic carbocycles. The Hall–Kier alpha value is -1.10. The Bertz CT molecular complexity index is 450. The van der Waals surface area contributed by atoms with E-state index >= 15 is 0 Å². The van der Waals surface area contributed by atoms with Crippen LogP contribution in [0.25, 0.3) is 0 Å². The third-order valence-corrected chi connectivity index (χ3v) is 3.89. The molecule has 0 aliphatic carbocycles. The van der Waals surface area contributed by atoms with Crippen LogP contribution in [0.3, 0.4) is 0 Å². The van der Waals surface area contributed by atoms with Gasteiger partial charge in [0.25, 0.3) is 0 Å². The first-order valence-electron chi connectivity index (χ1n) is 7.85. The van der Waals surface area contributed by atoms with Crippen LogP contribution in [0.4, 0.5) is 0 Å². The molecule has 118 valence electrons. The van der Waals surface area contributed by atoms with E-state index in [0.29, 0.717) is 12.6 Å². The van der Waals surface area contributed by atoms with Crippen molar-refractivity contribution in [2.45, 2.75) is 52.0 Å². The lowest BCUT2D eigenvalue weighted by atomic mass is 10.0. The van der Waals surface area contributed by atoms with Crippen LogP contribution in [0.1, 0.15) is 39.3 Å². The minimum atomic E-state index is 0.180. The molecule has 1 aliphatic rings. The van der Waals surface area contributed by atoms with Crippen LogP contribution in [0.15, 0.2) is 24.3 Å². The molecular weight excluding hydrogens is 264 g/mol. The molecule has 1 aliphatic heterocycles. The lowest BCUT2D eigenvalue weighted by Gasteiger charge is -2.41. The van der Waals surface area contributed by atoms with Crippen molar-refractivity contribution >= 4 is 0 Å². The molecule has 4 nitrogen and oxygen atoms in total. The molecule has 4 heteroatoms. The van der Waals surface area contributed by atoms with Gasteiger partial charge in [-0.1, -0.05) is 12.1 Å². The molecule has 0 spiro atoms. The van der Waals surface area contributed by atoms with Gasteiger partial charge >= 0.3 is 0 Å². The van der Waals surface area contributed by atoms with Crippen molar-refractivity contribution in [2.75, 3.05) is 19.7 Å². The molecule has 0 bridgehead atoms. The molecule has 21 heavy (non-hydrogen) atoms. The summed E-state index contributed by atoms with van der Waals surface area (Å²) in [6.07, 6.45) is 0.434. The van der Waals surface area contributed by atoms with E-state index in [4.69, 9.17) is 15.2 Å². The minimum Gasteiger partial charge on any atom is -0.491 e. The van der Waals surface area contributed by atoms with Gasteiger partial charge in [0, 0.05) is 25.2 Å². The number of hydrogen-bond donors (Lipinski definition) is 1. The summed E-state index contributed by atoms with van der Waals surface area (Å²) in [5, 5.41) is 0. The molecule has 0 radical (unpaired) electrons. The Morgan fingerprint density at radius 1 is 1.38 bits per heavy atom. The molecule has 3 atom stereocenters. The second-order valence-electron chi connectivity index (χ2n) is 6.18. The van der Waals surface area contributed by atoms with Crippen LogP contribution in [-0.2, 0) is 4.74 Å². The lowest BCUT2D eigenvalue weighted by Crippen LogP contribution is -2.50. The second kappa shape index (κ2) is 7.25. The van der Waals surface area contributed by atoms with Gasteiger partial charge in [-0.3, -0.25) is 4.90 Å². The summed E-state index contributed by atoms with van der Waals surface area (Å²) in [7, 11) is 0. The smallest absolute Gasteiger partial charge is 0.120 e. The van der Waals surface area contributed by atoms with Gasteiger partial charge in [0.15, 0.2) is 0 Å². The number of hydrogen-bond acceptors (Lipinski definition) is 4. The maximum absolute atomic E-state index is 6.07. The van der Waals surface area contributed by atoms with Gasteiger partial charge in [-0.15, -0.1) is 0 Å². The molecule has 2 rings (SSSR count). The number of nitrogens with zero attached hydrogens (tertiary/aromatic N) is 1. The molecule has 1 saturated heterocycles. The number of rotatable bonds is 5. The van der Waals surface area contributed by atoms with Gasteiger partial charge < -0.3 is 15.2 Å². The van der Waals surface area contributed by atoms with E-state index in [0.717, 1.165) is 18.9 Å². The number of nitrogens with two attached hydrogens (primary N) is 1. The zero-order chi connectivity index (χ0) is 15.4. The Morgan fingerprint density at radius 3 is 2.81 bits per heavy atom. The van der Waals surface area contributed by atoms with E-state index in [1.165, 1.54) is 5.56 Å². The Kier molecular flexibility index (Phi) is 5.62. The summed E-state index contributed by atoms with van der Waals surface area (Å²) in [6, 6.07) is 8.89. The third kappa shape index (κ3) is 4.19. The average Bonchev–Trinajstić information content (AvgIpc) is 2.43. The van der Waals surface area contributed by atoms with E-state index in [-0.39, 0.29) is 18.2 Å². The standard InChI is InChI=1S/C17H28N2O2/c1-12(2)21-16-7-5-6-15(8-16)17(9-18)19-10-14(4)20-11-13(19)3/h5-8,12-14,17H,9-11,18H2,1-4H3. The van der Waals surface area contributed by atoms with Crippen molar-refractivity contribution in [1.29, 1.82) is 0 Å². The highest BCUT2D eigenvalue weighted by molar-refractivity contribution is 5.31. The maximum atomic E-state index is 6.07. The molecular formula is C17H28N2O2. The molecule has 0 amide bonds. The first-order chi connectivity index (χ1) is 10.0. The number of benzene rings is 1. The summed E-state index contributed by atoms with van der Waals surface area (Å²) in [4.78, 5) is 2.45. The first-order valence-corrected chi connectivity index (χ1v) is 7.85. The van der Waals surface area contributed by atoms with Crippen LogP contribution < -0.4 is 10.5 Å². The Balaban J connectivity index is 2.20. The van der Waals surface area contributed by atoms with Gasteiger partial charge in [0.1, 0.15) is 5.75 Å². The minimum absolute atomic E-state index is 0.180. The number of ether oxygens (including phenoxy) is 2. The van der Waals surface area contributed by atoms with Crippen LogP contribution >= 0.6 is 0 Å². The maximum Gasteiger partial charge on any atom is 0.120 e. The van der Waals surface area contributed by atoms with Crippen molar-refractivity contribution in [3.05, 3.63) is 29.8 Å². The second-order valence-corrected chi connectivity index (χ2v) is 6.18. The van der Waals surface area contributed by atoms with E-state index < -0.39 is 0 Å². The van der Waals surface area contributed by atoms with Crippen molar-refractivity contribution in [1.82, 2.24) is 4.90 Å². The lowest BCUT2D eigenvalue weighted by molar-refractivity contribution is -0.0654. The molecule has 2 N–H and O–H groups in total. The van der Waals surface area contributed by atoms with E-state index in [9.17, 15) is 0 Å². The Labute approximate surface area is 128 Å². The van der Waals surface area contributed by atoms with Crippen molar-refractivity contribution in [2.24, 2.45) is 5.73 Å². The first kappa shape index (κ1) is 16.3. The summed E-state index contributed by atoms with van der Waals surface area (Å²) < 4.78 is 11.5. The molecule has 0 saturated carbocycles. The molecule has 1 heterocycles. The normalized spacial score (nSPS) is 25.0. The molecule has 1 fully saturated rings. The summed E-state index contributed by atoms with van der Waals surface area (Å²) in [5.41, 5.74) is 7.29. The van der Waals surface area contributed by atoms with Crippen LogP contribution in [-0.4, -0.2) is 42.8 Å². The highest BCUT2D eigenvalue weighted by atomic mass is 16.5. The van der Waals surface area contributed by atoms with Crippen LogP contribution in [0.2, 0.25) is 0 Å². The predicted molar refractivity (Wildman–Crippen MR) is 85.6 cm³/mol. The molecule has 1 aromatic rings. The van der Waals surface area contributed by atoms with E-state index in [2.05, 4.69) is 30.9 Å². The average molecular weight is 292 g/mol. The third-order valence-electron chi connectivity index (χ3n) is 3.89. The fourth-order valence-electron chi connectivity index (χ4n) is 2.89. The number of morpholine rings is 1. The SMILES string of the molecule is CC(C)Oc1cccc(C(CN)N2CC(C)OCC2C)c1. The van der Waals surface area contributed by atoms with E-state index in [1.54, 1.807) is 0 Å². The van der Waals surface area contributed by atoms with Crippen molar-refractivity contribution in [3.8, 4) is 5.75 Å². The van der Waals surface area contributed by atoms with Gasteiger partial charge in [0.05, 0.1) is 18.8 Å². The van der Waals surface area contributed by atoms with Crippen LogP contribution in [0.5, 0.6) is 5.75 Å². The van der Waals surface area contributed by atoms with Gasteiger partial charge in [0.2, 0.25) is 0 Å². The van der Waals surface area contributed by atoms with Gasteiger partial charge in [-0.25, -0.2) is 0 Å². The van der Waals surface area contributed by atoms with E-state index in [1.807, 2.05) is 26.0 Å². The van der Waals surface area contributed by atoms with Gasteiger partial charge in [-0.05, 0) is 45.4 Å². The summed E-state index contributed by atoms with van der Waals surface area (Å²) >= 11 is 0. The van der Waals surface area contributed by atoms with Gasteiger partial charge in [-0.2, -0.15) is 0 Å². The topological polar surface area (TPSA) is 47.7 Å². The van der Waals surface area contributed by atoms with Crippen LogP contribution in [0, 0.1) is 0 Å². The summed E-state index contributed by atoms with van der Waals surface area (Å²) in [6.45, 7) is 10.7. The molecule has 3 unspecified atom stereocenters. The van der Waals surface area contributed by atoms with Crippen molar-refractivity contribution in [3.63, 3.8) is 0 Å². The monoisotopic (exact) mass is 292 g/mol. The fourth-order valence-corrected chi connectivity index (χ4v) is 2.89. The van der Waals surface area contributed by atoms with Crippen molar-refractivity contribution < 1.29 is 9.47 Å².